The Balaban J connectivity index is 1.78. The van der Waals surface area contributed by atoms with Gasteiger partial charge in [0.1, 0.15) is 6.04 Å². The minimum absolute atomic E-state index is 0.189. The molecule has 3 aromatic rings. The van der Waals surface area contributed by atoms with Crippen molar-refractivity contribution in [2.24, 2.45) is 5.10 Å². The summed E-state index contributed by atoms with van der Waals surface area (Å²) >= 11 is 8.99. The second kappa shape index (κ2) is 6.57. The Morgan fingerprint density at radius 1 is 1.04 bits per heavy atom. The number of benzene rings is 1. The van der Waals surface area contributed by atoms with E-state index in [-0.39, 0.29) is 10.9 Å². The summed E-state index contributed by atoms with van der Waals surface area (Å²) in [4.78, 5) is 2.16. The van der Waals surface area contributed by atoms with Gasteiger partial charge in [-0.25, -0.2) is 0 Å². The molecular formula is C17H13ClN2O2S3. The first-order chi connectivity index (χ1) is 12.1. The third kappa shape index (κ3) is 3.13. The quantitative estimate of drug-likeness (QED) is 0.609. The van der Waals surface area contributed by atoms with Crippen LogP contribution in [0.2, 0.25) is 5.02 Å². The van der Waals surface area contributed by atoms with Crippen molar-refractivity contribution in [1.29, 1.82) is 0 Å². The van der Waals surface area contributed by atoms with Crippen molar-refractivity contribution < 1.29 is 8.42 Å². The number of sulfonamides is 1. The topological polar surface area (TPSA) is 49.7 Å². The second-order valence-electron chi connectivity index (χ2n) is 5.49. The van der Waals surface area contributed by atoms with Gasteiger partial charge < -0.3 is 0 Å². The molecule has 0 N–H and O–H groups in total. The first-order valence-electron chi connectivity index (χ1n) is 7.50. The van der Waals surface area contributed by atoms with Gasteiger partial charge in [0.2, 0.25) is 0 Å². The lowest BCUT2D eigenvalue weighted by Crippen LogP contribution is -2.26. The maximum atomic E-state index is 13.2. The summed E-state index contributed by atoms with van der Waals surface area (Å²) in [6, 6.07) is 13.7. The molecule has 128 valence electrons. The fraction of sp³-hybridized carbons (Fsp3) is 0.118. The van der Waals surface area contributed by atoms with Gasteiger partial charge in [-0.1, -0.05) is 23.7 Å². The minimum Gasteiger partial charge on any atom is -0.200 e. The third-order valence-corrected chi connectivity index (χ3v) is 7.75. The van der Waals surface area contributed by atoms with Gasteiger partial charge in [0.25, 0.3) is 10.0 Å². The highest BCUT2D eigenvalue weighted by Gasteiger charge is 2.38. The molecule has 1 aromatic carbocycles. The minimum atomic E-state index is -3.76. The van der Waals surface area contributed by atoms with Gasteiger partial charge >= 0.3 is 0 Å². The van der Waals surface area contributed by atoms with Crippen LogP contribution in [-0.2, 0) is 10.0 Å². The molecule has 3 heterocycles. The molecule has 4 rings (SSSR count). The van der Waals surface area contributed by atoms with Crippen molar-refractivity contribution in [1.82, 2.24) is 4.41 Å². The molecule has 25 heavy (non-hydrogen) atoms. The molecular weight excluding hydrogens is 396 g/mol. The Labute approximate surface area is 159 Å². The SMILES string of the molecule is O=S(=O)(c1ccc(Cl)cc1)N1N=C(c2cccs2)CC1c1cccs1. The van der Waals surface area contributed by atoms with Crippen molar-refractivity contribution in [3.8, 4) is 0 Å². The lowest BCUT2D eigenvalue weighted by atomic mass is 10.1. The Hall–Kier alpha value is -1.67. The first-order valence-corrected chi connectivity index (χ1v) is 11.1. The molecule has 0 fully saturated rings. The summed E-state index contributed by atoms with van der Waals surface area (Å²) in [5.74, 6) is 0. The van der Waals surface area contributed by atoms with Gasteiger partial charge in [0, 0.05) is 16.3 Å². The van der Waals surface area contributed by atoms with E-state index in [2.05, 4.69) is 5.10 Å². The zero-order valence-corrected chi connectivity index (χ0v) is 16.1. The number of nitrogens with zero attached hydrogens (tertiary/aromatic N) is 2. The van der Waals surface area contributed by atoms with Crippen molar-refractivity contribution in [3.05, 3.63) is 74.1 Å². The van der Waals surface area contributed by atoms with E-state index in [1.54, 1.807) is 23.5 Å². The van der Waals surface area contributed by atoms with Crippen LogP contribution in [0, 0.1) is 0 Å². The second-order valence-corrected chi connectivity index (χ2v) is 9.65. The molecule has 1 aliphatic rings. The van der Waals surface area contributed by atoms with Crippen molar-refractivity contribution in [2.75, 3.05) is 0 Å². The van der Waals surface area contributed by atoms with E-state index < -0.39 is 10.0 Å². The summed E-state index contributed by atoms with van der Waals surface area (Å²) in [6.07, 6.45) is 0.563. The van der Waals surface area contributed by atoms with E-state index in [0.717, 1.165) is 15.5 Å². The average molecular weight is 409 g/mol. The number of hydrazone groups is 1. The summed E-state index contributed by atoms with van der Waals surface area (Å²) in [5, 5.41) is 8.90. The lowest BCUT2D eigenvalue weighted by Gasteiger charge is -2.22. The molecule has 4 nitrogen and oxygen atoms in total. The van der Waals surface area contributed by atoms with Crippen LogP contribution in [0.15, 0.2) is 69.3 Å². The number of rotatable bonds is 4. The van der Waals surface area contributed by atoms with Crippen molar-refractivity contribution in [3.63, 3.8) is 0 Å². The molecule has 8 heteroatoms. The van der Waals surface area contributed by atoms with Gasteiger partial charge in [-0.3, -0.25) is 0 Å². The lowest BCUT2D eigenvalue weighted by molar-refractivity contribution is 0.375. The molecule has 0 aliphatic carbocycles. The van der Waals surface area contributed by atoms with E-state index >= 15 is 0 Å². The summed E-state index contributed by atoms with van der Waals surface area (Å²) in [6.45, 7) is 0. The summed E-state index contributed by atoms with van der Waals surface area (Å²) in [5.41, 5.74) is 0.797. The number of halogens is 1. The van der Waals surface area contributed by atoms with Crippen LogP contribution in [0.5, 0.6) is 0 Å². The molecule has 1 atom stereocenters. The largest absolute Gasteiger partial charge is 0.279 e. The zero-order chi connectivity index (χ0) is 17.4. The van der Waals surface area contributed by atoms with Crippen LogP contribution in [0.4, 0.5) is 0 Å². The van der Waals surface area contributed by atoms with Crippen molar-refractivity contribution >= 4 is 50.0 Å². The van der Waals surface area contributed by atoms with Crippen molar-refractivity contribution in [2.45, 2.75) is 17.4 Å². The number of hydrogen-bond donors (Lipinski definition) is 0. The fourth-order valence-corrected chi connectivity index (χ4v) is 5.86. The van der Waals surface area contributed by atoms with Gasteiger partial charge in [-0.2, -0.15) is 17.9 Å². The Bertz CT molecular complexity index is 995. The maximum absolute atomic E-state index is 13.2. The fourth-order valence-electron chi connectivity index (χ4n) is 2.71. The summed E-state index contributed by atoms with van der Waals surface area (Å²) in [7, 11) is -3.76. The molecule has 0 saturated heterocycles. The number of thiophene rings is 2. The highest BCUT2D eigenvalue weighted by Crippen LogP contribution is 2.39. The maximum Gasteiger partial charge on any atom is 0.279 e. The van der Waals surface area contributed by atoms with Crippen LogP contribution in [0.1, 0.15) is 22.2 Å². The van der Waals surface area contributed by atoms with E-state index in [1.807, 2.05) is 35.0 Å². The standard InChI is InChI=1S/C17H13ClN2O2S3/c18-12-5-7-13(8-6-12)25(21,22)20-15(17-4-2-10-24-17)11-14(19-20)16-3-1-9-23-16/h1-10,15H,11H2. The van der Waals surface area contributed by atoms with Gasteiger partial charge in [0.05, 0.1) is 15.5 Å². The molecule has 1 aliphatic heterocycles. The Kier molecular flexibility index (Phi) is 4.41. The van der Waals surface area contributed by atoms with Gasteiger partial charge in [0.15, 0.2) is 0 Å². The van der Waals surface area contributed by atoms with Crippen LogP contribution < -0.4 is 0 Å². The molecule has 0 radical (unpaired) electrons. The van der Waals surface area contributed by atoms with E-state index in [0.29, 0.717) is 11.4 Å². The van der Waals surface area contributed by atoms with E-state index in [1.165, 1.54) is 27.9 Å². The van der Waals surface area contributed by atoms with Gasteiger partial charge in [-0.05, 0) is 47.2 Å². The van der Waals surface area contributed by atoms with Crippen LogP contribution in [0.25, 0.3) is 0 Å². The van der Waals surface area contributed by atoms with E-state index in [4.69, 9.17) is 11.6 Å². The Morgan fingerprint density at radius 2 is 1.76 bits per heavy atom. The highest BCUT2D eigenvalue weighted by molar-refractivity contribution is 7.89. The van der Waals surface area contributed by atoms with Gasteiger partial charge in [-0.15, -0.1) is 22.7 Å². The van der Waals surface area contributed by atoms with E-state index in [9.17, 15) is 8.42 Å². The predicted octanol–water partition coefficient (Wildman–Crippen LogP) is 5.00. The third-order valence-electron chi connectivity index (χ3n) is 3.91. The van der Waals surface area contributed by atoms with Crippen LogP contribution in [-0.4, -0.2) is 18.5 Å². The molecule has 2 aromatic heterocycles. The molecule has 1 unspecified atom stereocenters. The normalized spacial score (nSPS) is 17.7. The monoisotopic (exact) mass is 408 g/mol. The first kappa shape index (κ1) is 16.8. The predicted molar refractivity (Wildman–Crippen MR) is 103 cm³/mol. The summed E-state index contributed by atoms with van der Waals surface area (Å²) < 4.78 is 27.5. The molecule has 0 amide bonds. The molecule has 0 spiro atoms. The Morgan fingerprint density at radius 3 is 2.40 bits per heavy atom. The zero-order valence-electron chi connectivity index (χ0n) is 12.9. The molecule has 0 saturated carbocycles. The average Bonchev–Trinajstić information content (AvgIpc) is 3.34. The number of hydrogen-bond acceptors (Lipinski definition) is 5. The van der Waals surface area contributed by atoms with Crippen LogP contribution >= 0.6 is 34.3 Å². The van der Waals surface area contributed by atoms with Crippen LogP contribution in [0.3, 0.4) is 0 Å². The smallest absolute Gasteiger partial charge is 0.200 e. The molecule has 0 bridgehead atoms. The highest BCUT2D eigenvalue weighted by atomic mass is 35.5.